The van der Waals surface area contributed by atoms with Gasteiger partial charge in [0.1, 0.15) is 5.75 Å². The van der Waals surface area contributed by atoms with Gasteiger partial charge in [-0.25, -0.2) is 4.98 Å². The largest absolute Gasteiger partial charge is 0.508 e. The molecule has 5 nitrogen and oxygen atoms in total. The monoisotopic (exact) mass is 349 g/mol. The SMILES string of the molecule is Cc1ccccc1CC1CCN(C(=O)c2nc3ccc(O)cc3[nH]2)CC1. The summed E-state index contributed by atoms with van der Waals surface area (Å²) in [5.41, 5.74) is 4.13. The molecule has 134 valence electrons. The Morgan fingerprint density at radius 3 is 2.77 bits per heavy atom. The Kier molecular flexibility index (Phi) is 4.37. The van der Waals surface area contributed by atoms with Gasteiger partial charge in [-0.15, -0.1) is 0 Å². The van der Waals surface area contributed by atoms with Crippen LogP contribution >= 0.6 is 0 Å². The summed E-state index contributed by atoms with van der Waals surface area (Å²) >= 11 is 0. The minimum Gasteiger partial charge on any atom is -0.508 e. The number of rotatable bonds is 3. The van der Waals surface area contributed by atoms with E-state index in [1.807, 2.05) is 4.90 Å². The summed E-state index contributed by atoms with van der Waals surface area (Å²) in [6, 6.07) is 13.4. The standard InChI is InChI=1S/C21H23N3O2/c1-14-4-2-3-5-16(14)12-15-8-10-24(11-9-15)21(26)20-22-18-7-6-17(25)13-19(18)23-20/h2-7,13,15,25H,8-12H2,1H3,(H,22,23). The molecule has 0 saturated carbocycles. The van der Waals surface area contributed by atoms with Crippen LogP contribution in [-0.4, -0.2) is 39.0 Å². The Hall–Kier alpha value is -2.82. The lowest BCUT2D eigenvalue weighted by atomic mass is 9.88. The molecule has 1 saturated heterocycles. The van der Waals surface area contributed by atoms with Gasteiger partial charge in [0.25, 0.3) is 5.91 Å². The number of aromatic amines is 1. The van der Waals surface area contributed by atoms with Crippen LogP contribution in [0.15, 0.2) is 42.5 Å². The highest BCUT2D eigenvalue weighted by molar-refractivity contribution is 5.94. The number of benzene rings is 2. The number of nitrogens with one attached hydrogen (secondary N) is 1. The molecule has 2 heterocycles. The zero-order valence-electron chi connectivity index (χ0n) is 14.9. The summed E-state index contributed by atoms with van der Waals surface area (Å²) in [4.78, 5) is 22.0. The third-order valence-corrected chi connectivity index (χ3v) is 5.34. The number of phenols is 1. The molecule has 1 aliphatic rings. The van der Waals surface area contributed by atoms with Crippen LogP contribution in [0.5, 0.6) is 5.75 Å². The number of nitrogens with zero attached hydrogens (tertiary/aromatic N) is 2. The maximum absolute atomic E-state index is 12.7. The van der Waals surface area contributed by atoms with E-state index in [1.54, 1.807) is 18.2 Å². The van der Waals surface area contributed by atoms with E-state index >= 15 is 0 Å². The number of aryl methyl sites for hydroxylation is 1. The van der Waals surface area contributed by atoms with Gasteiger partial charge >= 0.3 is 0 Å². The van der Waals surface area contributed by atoms with Crippen molar-refractivity contribution < 1.29 is 9.90 Å². The van der Waals surface area contributed by atoms with Crippen molar-refractivity contribution in [3.63, 3.8) is 0 Å². The van der Waals surface area contributed by atoms with Gasteiger partial charge in [-0.2, -0.15) is 0 Å². The Labute approximate surface area is 152 Å². The number of piperidine rings is 1. The van der Waals surface area contributed by atoms with Crippen LogP contribution in [0, 0.1) is 12.8 Å². The molecule has 0 radical (unpaired) electrons. The molecule has 0 spiro atoms. The molecule has 5 heteroatoms. The third kappa shape index (κ3) is 3.29. The number of imidazole rings is 1. The van der Waals surface area contributed by atoms with Crippen LogP contribution in [0.4, 0.5) is 0 Å². The highest BCUT2D eigenvalue weighted by Gasteiger charge is 2.25. The van der Waals surface area contributed by atoms with Crippen LogP contribution in [0.1, 0.15) is 34.6 Å². The molecule has 26 heavy (non-hydrogen) atoms. The maximum Gasteiger partial charge on any atom is 0.289 e. The van der Waals surface area contributed by atoms with Crippen LogP contribution in [0.2, 0.25) is 0 Å². The summed E-state index contributed by atoms with van der Waals surface area (Å²) in [7, 11) is 0. The van der Waals surface area contributed by atoms with Crippen LogP contribution in [0.25, 0.3) is 11.0 Å². The van der Waals surface area contributed by atoms with Crippen molar-refractivity contribution in [2.24, 2.45) is 5.92 Å². The molecule has 4 rings (SSSR count). The molecule has 0 atom stereocenters. The van der Waals surface area contributed by atoms with Gasteiger partial charge in [-0.1, -0.05) is 24.3 Å². The van der Waals surface area contributed by atoms with E-state index < -0.39 is 0 Å². The van der Waals surface area contributed by atoms with E-state index in [9.17, 15) is 9.90 Å². The number of aromatic hydroxyl groups is 1. The number of likely N-dealkylation sites (tertiary alicyclic amines) is 1. The molecule has 1 amide bonds. The first-order chi connectivity index (χ1) is 12.6. The molecule has 2 N–H and O–H groups in total. The van der Waals surface area contributed by atoms with E-state index in [-0.39, 0.29) is 11.7 Å². The lowest BCUT2D eigenvalue weighted by Crippen LogP contribution is -2.39. The van der Waals surface area contributed by atoms with E-state index in [0.717, 1.165) is 32.4 Å². The minimum absolute atomic E-state index is 0.0602. The second-order valence-electron chi connectivity index (χ2n) is 7.15. The maximum atomic E-state index is 12.7. The molecular weight excluding hydrogens is 326 g/mol. The fourth-order valence-electron chi connectivity index (χ4n) is 3.74. The lowest BCUT2D eigenvalue weighted by molar-refractivity contribution is 0.0679. The zero-order chi connectivity index (χ0) is 18.1. The van der Waals surface area contributed by atoms with Crippen molar-refractivity contribution in [3.05, 3.63) is 59.4 Å². The second kappa shape index (κ2) is 6.83. The van der Waals surface area contributed by atoms with Gasteiger partial charge in [0.05, 0.1) is 11.0 Å². The second-order valence-corrected chi connectivity index (χ2v) is 7.15. The average molecular weight is 349 g/mol. The molecule has 0 unspecified atom stereocenters. The summed E-state index contributed by atoms with van der Waals surface area (Å²) in [5, 5.41) is 9.55. The first-order valence-corrected chi connectivity index (χ1v) is 9.12. The third-order valence-electron chi connectivity index (χ3n) is 5.34. The highest BCUT2D eigenvalue weighted by atomic mass is 16.3. The van der Waals surface area contributed by atoms with Crippen molar-refractivity contribution in [2.45, 2.75) is 26.2 Å². The predicted octanol–water partition coefficient (Wildman–Crippen LogP) is 3.67. The average Bonchev–Trinajstić information content (AvgIpc) is 3.07. The quantitative estimate of drug-likeness (QED) is 0.758. The van der Waals surface area contributed by atoms with Crippen LogP contribution < -0.4 is 0 Å². The zero-order valence-corrected chi connectivity index (χ0v) is 14.9. The van der Waals surface area contributed by atoms with Crippen molar-refractivity contribution in [2.75, 3.05) is 13.1 Å². The molecule has 1 aliphatic heterocycles. The number of hydrogen-bond acceptors (Lipinski definition) is 3. The Balaban J connectivity index is 1.40. The van der Waals surface area contributed by atoms with Crippen LogP contribution in [0.3, 0.4) is 0 Å². The van der Waals surface area contributed by atoms with Gasteiger partial charge < -0.3 is 15.0 Å². The Morgan fingerprint density at radius 2 is 2.00 bits per heavy atom. The highest BCUT2D eigenvalue weighted by Crippen LogP contribution is 2.24. The Morgan fingerprint density at radius 1 is 1.23 bits per heavy atom. The summed E-state index contributed by atoms with van der Waals surface area (Å²) in [5.74, 6) is 1.07. The molecule has 1 aromatic heterocycles. The molecule has 0 aliphatic carbocycles. The molecule has 0 bridgehead atoms. The van der Waals surface area contributed by atoms with E-state index in [0.29, 0.717) is 22.8 Å². The van der Waals surface area contributed by atoms with Gasteiger partial charge in [-0.05, 0) is 55.4 Å². The fraction of sp³-hybridized carbons (Fsp3) is 0.333. The predicted molar refractivity (Wildman–Crippen MR) is 101 cm³/mol. The van der Waals surface area contributed by atoms with Crippen molar-refractivity contribution in [3.8, 4) is 5.75 Å². The summed E-state index contributed by atoms with van der Waals surface area (Å²) < 4.78 is 0. The smallest absolute Gasteiger partial charge is 0.289 e. The number of phenolic OH excluding ortho intramolecular Hbond substituents is 1. The fourth-order valence-corrected chi connectivity index (χ4v) is 3.74. The topological polar surface area (TPSA) is 69.2 Å². The normalized spacial score (nSPS) is 15.5. The molecular formula is C21H23N3O2. The van der Waals surface area contributed by atoms with Crippen molar-refractivity contribution in [1.29, 1.82) is 0 Å². The van der Waals surface area contributed by atoms with Crippen molar-refractivity contribution in [1.82, 2.24) is 14.9 Å². The van der Waals surface area contributed by atoms with Gasteiger partial charge in [0.15, 0.2) is 5.82 Å². The first kappa shape index (κ1) is 16.6. The van der Waals surface area contributed by atoms with E-state index in [4.69, 9.17) is 0 Å². The number of hydrogen-bond donors (Lipinski definition) is 2. The number of fused-ring (bicyclic) bond motifs is 1. The van der Waals surface area contributed by atoms with Crippen molar-refractivity contribution >= 4 is 16.9 Å². The molecule has 3 aromatic rings. The number of amides is 1. The lowest BCUT2D eigenvalue weighted by Gasteiger charge is -2.31. The molecule has 1 fully saturated rings. The van der Waals surface area contributed by atoms with E-state index in [1.165, 1.54) is 11.1 Å². The number of aromatic nitrogens is 2. The molecule has 2 aromatic carbocycles. The number of H-pyrrole nitrogens is 1. The van der Waals surface area contributed by atoms with Gasteiger partial charge in [-0.3, -0.25) is 4.79 Å². The number of carbonyl (C=O) groups excluding carboxylic acids is 1. The van der Waals surface area contributed by atoms with Gasteiger partial charge in [0.2, 0.25) is 0 Å². The van der Waals surface area contributed by atoms with Gasteiger partial charge in [0, 0.05) is 19.2 Å². The summed E-state index contributed by atoms with van der Waals surface area (Å²) in [6.45, 7) is 3.68. The number of carbonyl (C=O) groups is 1. The Bertz CT molecular complexity index is 939. The first-order valence-electron chi connectivity index (χ1n) is 9.12. The van der Waals surface area contributed by atoms with Crippen LogP contribution in [-0.2, 0) is 6.42 Å². The summed E-state index contributed by atoms with van der Waals surface area (Å²) in [6.07, 6.45) is 3.11. The van der Waals surface area contributed by atoms with E-state index in [2.05, 4.69) is 41.2 Å². The minimum atomic E-state index is -0.0602.